The highest BCUT2D eigenvalue weighted by molar-refractivity contribution is 6.30. The number of rotatable bonds is 7. The predicted molar refractivity (Wildman–Crippen MR) is 100 cm³/mol. The van der Waals surface area contributed by atoms with Crippen molar-refractivity contribution in [3.05, 3.63) is 70.7 Å². The fourth-order valence-corrected chi connectivity index (χ4v) is 2.87. The van der Waals surface area contributed by atoms with Crippen LogP contribution in [-0.2, 0) is 22.6 Å². The molecule has 0 heterocycles. The van der Waals surface area contributed by atoms with Gasteiger partial charge in [0.15, 0.2) is 0 Å². The highest BCUT2D eigenvalue weighted by atomic mass is 35.5. The Morgan fingerprint density at radius 1 is 1.04 bits per heavy atom. The van der Waals surface area contributed by atoms with Crippen LogP contribution in [0, 0.1) is 0 Å². The molecule has 0 radical (unpaired) electrons. The van der Waals surface area contributed by atoms with Gasteiger partial charge in [-0.1, -0.05) is 61.0 Å². The molecule has 2 amide bonds. The SMILES string of the molecule is CC[C@@H](C(=O)NC)N(Cc1ccc(Cl)cc1)C(=O)Cc1ccccc1. The van der Waals surface area contributed by atoms with Crippen molar-refractivity contribution < 1.29 is 9.59 Å². The van der Waals surface area contributed by atoms with Crippen LogP contribution < -0.4 is 5.32 Å². The van der Waals surface area contributed by atoms with Crippen LogP contribution in [0.2, 0.25) is 5.02 Å². The predicted octanol–water partition coefficient (Wildman–Crippen LogP) is 3.44. The van der Waals surface area contributed by atoms with Crippen LogP contribution in [0.15, 0.2) is 54.6 Å². The lowest BCUT2D eigenvalue weighted by Crippen LogP contribution is -2.48. The Balaban J connectivity index is 2.25. The number of benzene rings is 2. The molecule has 0 aliphatic carbocycles. The monoisotopic (exact) mass is 358 g/mol. The number of nitrogens with one attached hydrogen (secondary N) is 1. The second-order valence-electron chi connectivity index (χ2n) is 5.85. The van der Waals surface area contributed by atoms with Crippen molar-refractivity contribution in [1.29, 1.82) is 0 Å². The van der Waals surface area contributed by atoms with Gasteiger partial charge in [-0.3, -0.25) is 9.59 Å². The van der Waals surface area contributed by atoms with E-state index in [2.05, 4.69) is 5.32 Å². The third kappa shape index (κ3) is 5.33. The van der Waals surface area contributed by atoms with Gasteiger partial charge in [0.2, 0.25) is 11.8 Å². The topological polar surface area (TPSA) is 49.4 Å². The Hall–Kier alpha value is -2.33. The third-order valence-corrected chi connectivity index (χ3v) is 4.35. The van der Waals surface area contributed by atoms with Gasteiger partial charge in [0, 0.05) is 18.6 Å². The molecule has 25 heavy (non-hydrogen) atoms. The summed E-state index contributed by atoms with van der Waals surface area (Å²) in [6, 6.07) is 16.4. The summed E-state index contributed by atoms with van der Waals surface area (Å²) in [7, 11) is 1.59. The first kappa shape index (κ1) is 19.0. The Kier molecular flexibility index (Phi) is 7.02. The Morgan fingerprint density at radius 3 is 2.24 bits per heavy atom. The smallest absolute Gasteiger partial charge is 0.242 e. The van der Waals surface area contributed by atoms with E-state index in [9.17, 15) is 9.59 Å². The molecule has 0 aliphatic rings. The molecular formula is C20H23ClN2O2. The Morgan fingerprint density at radius 2 is 1.68 bits per heavy atom. The van der Waals surface area contributed by atoms with Gasteiger partial charge in [0.25, 0.3) is 0 Å². The first-order chi connectivity index (χ1) is 12.0. The van der Waals surface area contributed by atoms with Gasteiger partial charge in [-0.25, -0.2) is 0 Å². The van der Waals surface area contributed by atoms with E-state index in [4.69, 9.17) is 11.6 Å². The minimum Gasteiger partial charge on any atom is -0.357 e. The number of likely N-dealkylation sites (N-methyl/N-ethyl adjacent to an activating group) is 1. The molecule has 4 nitrogen and oxygen atoms in total. The molecule has 0 bridgehead atoms. The van der Waals surface area contributed by atoms with Crippen LogP contribution in [0.4, 0.5) is 0 Å². The van der Waals surface area contributed by atoms with E-state index in [1.165, 1.54) is 0 Å². The highest BCUT2D eigenvalue weighted by Crippen LogP contribution is 2.16. The van der Waals surface area contributed by atoms with E-state index in [1.54, 1.807) is 24.1 Å². The largest absolute Gasteiger partial charge is 0.357 e. The van der Waals surface area contributed by atoms with Crippen LogP contribution in [0.5, 0.6) is 0 Å². The van der Waals surface area contributed by atoms with Crippen molar-refractivity contribution in [3.8, 4) is 0 Å². The lowest BCUT2D eigenvalue weighted by molar-refractivity contribution is -0.140. The van der Waals surface area contributed by atoms with E-state index < -0.39 is 6.04 Å². The van der Waals surface area contributed by atoms with Crippen molar-refractivity contribution in [2.45, 2.75) is 32.4 Å². The van der Waals surface area contributed by atoms with Gasteiger partial charge in [-0.2, -0.15) is 0 Å². The summed E-state index contributed by atoms with van der Waals surface area (Å²) in [5, 5.41) is 3.30. The van der Waals surface area contributed by atoms with Gasteiger partial charge >= 0.3 is 0 Å². The average Bonchev–Trinajstić information content (AvgIpc) is 2.63. The van der Waals surface area contributed by atoms with Gasteiger partial charge < -0.3 is 10.2 Å². The lowest BCUT2D eigenvalue weighted by atomic mass is 10.1. The molecule has 0 spiro atoms. The molecule has 2 aromatic rings. The molecule has 0 unspecified atom stereocenters. The van der Waals surface area contributed by atoms with Crippen molar-refractivity contribution in [3.63, 3.8) is 0 Å². The van der Waals surface area contributed by atoms with Crippen molar-refractivity contribution >= 4 is 23.4 Å². The second kappa shape index (κ2) is 9.23. The molecular weight excluding hydrogens is 336 g/mol. The minimum absolute atomic E-state index is 0.0726. The normalized spacial score (nSPS) is 11.6. The number of hydrogen-bond acceptors (Lipinski definition) is 2. The molecule has 2 aromatic carbocycles. The summed E-state index contributed by atoms with van der Waals surface area (Å²) in [5.74, 6) is -0.227. The summed E-state index contributed by atoms with van der Waals surface area (Å²) >= 11 is 5.94. The molecule has 2 rings (SSSR count). The van der Waals surface area contributed by atoms with Crippen LogP contribution in [-0.4, -0.2) is 29.8 Å². The maximum atomic E-state index is 12.9. The molecule has 1 atom stereocenters. The number of hydrogen-bond donors (Lipinski definition) is 1. The van der Waals surface area contributed by atoms with Crippen molar-refractivity contribution in [2.24, 2.45) is 0 Å². The number of amides is 2. The fraction of sp³-hybridized carbons (Fsp3) is 0.300. The van der Waals surface area contributed by atoms with Crippen molar-refractivity contribution in [1.82, 2.24) is 10.2 Å². The zero-order valence-electron chi connectivity index (χ0n) is 14.5. The van der Waals surface area contributed by atoms with Crippen LogP contribution in [0.1, 0.15) is 24.5 Å². The summed E-state index contributed by atoms with van der Waals surface area (Å²) in [5.41, 5.74) is 1.87. The zero-order valence-corrected chi connectivity index (χ0v) is 15.3. The molecule has 0 saturated carbocycles. The fourth-order valence-electron chi connectivity index (χ4n) is 2.74. The molecule has 0 saturated heterocycles. The van der Waals surface area contributed by atoms with Crippen LogP contribution >= 0.6 is 11.6 Å². The van der Waals surface area contributed by atoms with Crippen molar-refractivity contribution in [2.75, 3.05) is 7.05 Å². The number of nitrogens with zero attached hydrogens (tertiary/aromatic N) is 1. The summed E-state index contributed by atoms with van der Waals surface area (Å²) in [6.07, 6.45) is 0.815. The number of carbonyl (C=O) groups is 2. The Labute approximate surface area is 153 Å². The standard InChI is InChI=1S/C20H23ClN2O2/c1-3-18(20(25)22-2)23(14-16-9-11-17(21)12-10-16)19(24)13-15-7-5-4-6-8-15/h4-12,18H,3,13-14H2,1-2H3,(H,22,25)/t18-/m0/s1. The van der Waals surface area contributed by atoms with Crippen LogP contribution in [0.3, 0.4) is 0 Å². The molecule has 1 N–H and O–H groups in total. The third-order valence-electron chi connectivity index (χ3n) is 4.10. The summed E-state index contributed by atoms with van der Waals surface area (Å²) < 4.78 is 0. The van der Waals surface area contributed by atoms with E-state index >= 15 is 0 Å². The highest BCUT2D eigenvalue weighted by Gasteiger charge is 2.27. The van der Waals surface area contributed by atoms with Gasteiger partial charge in [0.05, 0.1) is 6.42 Å². The second-order valence-corrected chi connectivity index (χ2v) is 6.29. The zero-order chi connectivity index (χ0) is 18.2. The van der Waals surface area contributed by atoms with E-state index in [0.29, 0.717) is 18.0 Å². The first-order valence-corrected chi connectivity index (χ1v) is 8.72. The molecule has 0 aromatic heterocycles. The maximum absolute atomic E-state index is 12.9. The molecule has 5 heteroatoms. The molecule has 132 valence electrons. The van der Waals surface area contributed by atoms with Gasteiger partial charge in [-0.15, -0.1) is 0 Å². The quantitative estimate of drug-likeness (QED) is 0.824. The van der Waals surface area contributed by atoms with E-state index in [-0.39, 0.29) is 18.2 Å². The van der Waals surface area contributed by atoms with Gasteiger partial charge in [-0.05, 0) is 29.7 Å². The first-order valence-electron chi connectivity index (χ1n) is 8.34. The number of halogens is 1. The minimum atomic E-state index is -0.503. The van der Waals surface area contributed by atoms with E-state index in [0.717, 1.165) is 11.1 Å². The summed E-state index contributed by atoms with van der Waals surface area (Å²) in [6.45, 7) is 2.28. The number of carbonyl (C=O) groups excluding carboxylic acids is 2. The van der Waals surface area contributed by atoms with E-state index in [1.807, 2.05) is 49.4 Å². The van der Waals surface area contributed by atoms with Crippen LogP contribution in [0.25, 0.3) is 0 Å². The lowest BCUT2D eigenvalue weighted by Gasteiger charge is -2.30. The molecule has 0 aliphatic heterocycles. The molecule has 0 fully saturated rings. The van der Waals surface area contributed by atoms with Gasteiger partial charge in [0.1, 0.15) is 6.04 Å². The average molecular weight is 359 g/mol. The maximum Gasteiger partial charge on any atom is 0.242 e. The Bertz CT molecular complexity index is 701. The summed E-state index contributed by atoms with van der Waals surface area (Å²) in [4.78, 5) is 26.8.